The minimum absolute atomic E-state index is 0.0269. The van der Waals surface area contributed by atoms with Gasteiger partial charge in [-0.15, -0.1) is 11.3 Å². The second kappa shape index (κ2) is 4.84. The largest absolute Gasteiger partial charge is 0.352 e. The summed E-state index contributed by atoms with van der Waals surface area (Å²) >= 11 is 1.53. The Bertz CT molecular complexity index is 716. The van der Waals surface area contributed by atoms with Crippen LogP contribution in [0.4, 0.5) is 0 Å². The Balaban J connectivity index is 1.84. The van der Waals surface area contributed by atoms with Crippen LogP contribution < -0.4 is 5.32 Å². The Morgan fingerprint density at radius 3 is 3.05 bits per heavy atom. The Hall–Kier alpha value is -1.89. The highest BCUT2D eigenvalue weighted by Gasteiger charge is 2.40. The summed E-state index contributed by atoms with van der Waals surface area (Å²) in [5.74, 6) is -0.128. The number of rotatable bonds is 2. The first kappa shape index (κ1) is 14.1. The van der Waals surface area contributed by atoms with Gasteiger partial charge in [0, 0.05) is 30.4 Å². The highest BCUT2D eigenvalue weighted by atomic mass is 32.1. The lowest BCUT2D eigenvalue weighted by Crippen LogP contribution is -2.63. The first-order chi connectivity index (χ1) is 9.89. The molecule has 3 rings (SSSR count). The molecule has 112 valence electrons. The van der Waals surface area contributed by atoms with Crippen molar-refractivity contribution in [3.05, 3.63) is 23.0 Å². The fraction of sp³-hybridized carbons (Fsp3) is 0.500. The number of hydrogen-bond acceptors (Lipinski definition) is 4. The predicted molar refractivity (Wildman–Crippen MR) is 80.3 cm³/mol. The number of carbonyl (C=O) groups is 2. The van der Waals surface area contributed by atoms with Crippen LogP contribution in [0.1, 0.15) is 25.2 Å². The molecule has 0 atom stereocenters. The Kier molecular flexibility index (Phi) is 3.24. The average molecular weight is 306 g/mol. The summed E-state index contributed by atoms with van der Waals surface area (Å²) in [5.41, 5.74) is 1.06. The van der Waals surface area contributed by atoms with Crippen LogP contribution in [-0.2, 0) is 16.0 Å². The van der Waals surface area contributed by atoms with E-state index in [1.165, 1.54) is 11.3 Å². The lowest BCUT2D eigenvalue weighted by atomic mass is 9.98. The predicted octanol–water partition coefficient (Wildman–Crippen LogP) is 0.984. The molecule has 0 saturated carbocycles. The molecule has 0 spiro atoms. The van der Waals surface area contributed by atoms with Crippen LogP contribution in [0.5, 0.6) is 0 Å². The summed E-state index contributed by atoms with van der Waals surface area (Å²) in [4.78, 5) is 31.5. The van der Waals surface area contributed by atoms with Crippen molar-refractivity contribution in [2.45, 2.75) is 32.7 Å². The van der Waals surface area contributed by atoms with Crippen molar-refractivity contribution in [1.82, 2.24) is 19.6 Å². The number of nitrogens with one attached hydrogen (secondary N) is 1. The number of amides is 2. The van der Waals surface area contributed by atoms with Crippen LogP contribution in [0.2, 0.25) is 0 Å². The van der Waals surface area contributed by atoms with Gasteiger partial charge in [-0.2, -0.15) is 0 Å². The highest BCUT2D eigenvalue weighted by molar-refractivity contribution is 7.15. The van der Waals surface area contributed by atoms with Gasteiger partial charge in [0.25, 0.3) is 0 Å². The maximum Gasteiger partial charge on any atom is 0.245 e. The van der Waals surface area contributed by atoms with Crippen LogP contribution in [0, 0.1) is 6.92 Å². The molecule has 6 nitrogen and oxygen atoms in total. The van der Waals surface area contributed by atoms with E-state index in [-0.39, 0.29) is 18.2 Å². The van der Waals surface area contributed by atoms with Crippen molar-refractivity contribution in [1.29, 1.82) is 0 Å². The molecule has 3 heterocycles. The van der Waals surface area contributed by atoms with Gasteiger partial charge in [-0.1, -0.05) is 0 Å². The van der Waals surface area contributed by atoms with E-state index in [4.69, 9.17) is 0 Å². The van der Waals surface area contributed by atoms with Crippen molar-refractivity contribution < 1.29 is 9.59 Å². The van der Waals surface area contributed by atoms with Crippen molar-refractivity contribution in [3.8, 4) is 0 Å². The monoisotopic (exact) mass is 306 g/mol. The van der Waals surface area contributed by atoms with Gasteiger partial charge in [0.2, 0.25) is 11.8 Å². The van der Waals surface area contributed by atoms with Gasteiger partial charge in [0.1, 0.15) is 5.54 Å². The van der Waals surface area contributed by atoms with Gasteiger partial charge >= 0.3 is 0 Å². The van der Waals surface area contributed by atoms with Gasteiger partial charge in [0.05, 0.1) is 12.1 Å². The molecule has 1 N–H and O–H groups in total. The third-order valence-corrected chi connectivity index (χ3v) is 4.78. The summed E-state index contributed by atoms with van der Waals surface area (Å²) < 4.78 is 1.95. The zero-order chi connectivity index (χ0) is 15.2. The van der Waals surface area contributed by atoms with Crippen LogP contribution in [0.15, 0.2) is 11.6 Å². The summed E-state index contributed by atoms with van der Waals surface area (Å²) in [6, 6.07) is 0. The van der Waals surface area contributed by atoms with E-state index in [0.29, 0.717) is 13.1 Å². The number of carbonyl (C=O) groups excluding carboxylic acids is 2. The number of fused-ring (bicyclic) bond motifs is 1. The molecule has 2 aromatic rings. The molecule has 0 aromatic carbocycles. The second-order valence-electron chi connectivity index (χ2n) is 5.80. The van der Waals surface area contributed by atoms with E-state index < -0.39 is 5.54 Å². The van der Waals surface area contributed by atoms with Crippen molar-refractivity contribution in [3.63, 3.8) is 0 Å². The van der Waals surface area contributed by atoms with E-state index in [1.807, 2.05) is 22.9 Å². The van der Waals surface area contributed by atoms with Crippen molar-refractivity contribution in [2.75, 3.05) is 13.1 Å². The maximum absolute atomic E-state index is 12.6. The molecule has 2 aromatic heterocycles. The summed E-state index contributed by atoms with van der Waals surface area (Å²) in [6.45, 7) is 6.56. The van der Waals surface area contributed by atoms with E-state index in [9.17, 15) is 9.59 Å². The number of aryl methyl sites for hydroxylation is 1. The molecule has 0 radical (unpaired) electrons. The van der Waals surface area contributed by atoms with Crippen molar-refractivity contribution >= 4 is 28.1 Å². The van der Waals surface area contributed by atoms with Crippen molar-refractivity contribution in [2.24, 2.45) is 0 Å². The fourth-order valence-electron chi connectivity index (χ4n) is 2.66. The molecule has 7 heteroatoms. The summed E-state index contributed by atoms with van der Waals surface area (Å²) in [5, 5.41) is 4.76. The van der Waals surface area contributed by atoms with E-state index in [1.54, 1.807) is 18.7 Å². The molecule has 0 aliphatic carbocycles. The smallest absolute Gasteiger partial charge is 0.245 e. The number of hydrogen-bond donors (Lipinski definition) is 1. The van der Waals surface area contributed by atoms with Crippen LogP contribution in [0.3, 0.4) is 0 Å². The third kappa shape index (κ3) is 2.31. The molecular formula is C14H18N4O2S. The Morgan fingerprint density at radius 2 is 2.29 bits per heavy atom. The topological polar surface area (TPSA) is 66.7 Å². The maximum atomic E-state index is 12.6. The first-order valence-corrected chi connectivity index (χ1v) is 7.78. The second-order valence-corrected chi connectivity index (χ2v) is 6.64. The molecule has 1 aliphatic heterocycles. The number of thiazole rings is 1. The first-order valence-electron chi connectivity index (χ1n) is 6.90. The Labute approximate surface area is 126 Å². The molecule has 2 amide bonds. The third-order valence-electron chi connectivity index (χ3n) is 3.89. The lowest BCUT2D eigenvalue weighted by molar-refractivity contribution is -0.148. The SMILES string of the molecule is Cc1cn2c(CC(=O)N3CCNC(=O)C3(C)C)csc2n1. The lowest BCUT2D eigenvalue weighted by Gasteiger charge is -2.41. The van der Waals surface area contributed by atoms with Gasteiger partial charge in [-0.25, -0.2) is 4.98 Å². The molecule has 0 bridgehead atoms. The molecule has 21 heavy (non-hydrogen) atoms. The van der Waals surface area contributed by atoms with Crippen LogP contribution >= 0.6 is 11.3 Å². The highest BCUT2D eigenvalue weighted by Crippen LogP contribution is 2.21. The van der Waals surface area contributed by atoms with Gasteiger partial charge in [-0.3, -0.25) is 14.0 Å². The van der Waals surface area contributed by atoms with Crippen LogP contribution in [0.25, 0.3) is 4.96 Å². The minimum atomic E-state index is -0.796. The molecule has 1 aliphatic rings. The summed E-state index contributed by atoms with van der Waals surface area (Å²) in [7, 11) is 0. The quantitative estimate of drug-likeness (QED) is 0.899. The molecular weight excluding hydrogens is 288 g/mol. The standard InChI is InChI=1S/C14H18N4O2S/c1-9-7-17-10(8-21-13(17)16-9)6-11(19)18-5-4-15-12(20)14(18,2)3/h7-8H,4-6H2,1-3H3,(H,15,20). The normalized spacial score (nSPS) is 18.0. The van der Waals surface area contributed by atoms with E-state index >= 15 is 0 Å². The van der Waals surface area contributed by atoms with Crippen LogP contribution in [-0.4, -0.2) is 44.7 Å². The van der Waals surface area contributed by atoms with Gasteiger partial charge in [-0.05, 0) is 20.8 Å². The fourth-order valence-corrected chi connectivity index (χ4v) is 3.57. The zero-order valence-electron chi connectivity index (χ0n) is 12.3. The molecule has 0 unspecified atom stereocenters. The van der Waals surface area contributed by atoms with Gasteiger partial charge in [0.15, 0.2) is 4.96 Å². The number of aromatic nitrogens is 2. The summed E-state index contributed by atoms with van der Waals surface area (Å²) in [6.07, 6.45) is 2.22. The van der Waals surface area contributed by atoms with E-state index in [2.05, 4.69) is 10.3 Å². The minimum Gasteiger partial charge on any atom is -0.352 e. The Morgan fingerprint density at radius 1 is 1.52 bits per heavy atom. The number of piperazine rings is 1. The molecule has 1 saturated heterocycles. The number of nitrogens with zero attached hydrogens (tertiary/aromatic N) is 3. The van der Waals surface area contributed by atoms with E-state index in [0.717, 1.165) is 16.3 Å². The number of imidazole rings is 1. The van der Waals surface area contributed by atoms with Gasteiger partial charge < -0.3 is 10.2 Å². The molecule has 1 fully saturated rings. The average Bonchev–Trinajstić information content (AvgIpc) is 2.93. The zero-order valence-corrected chi connectivity index (χ0v) is 13.2.